The van der Waals surface area contributed by atoms with Crippen molar-refractivity contribution in [2.45, 2.75) is 32.4 Å². The highest BCUT2D eigenvalue weighted by Gasteiger charge is 2.30. The zero-order valence-corrected chi connectivity index (χ0v) is 18.0. The van der Waals surface area contributed by atoms with Crippen LogP contribution in [0.3, 0.4) is 0 Å². The number of imidazole rings is 1. The van der Waals surface area contributed by atoms with E-state index in [9.17, 15) is 8.78 Å². The summed E-state index contributed by atoms with van der Waals surface area (Å²) >= 11 is 0. The maximum Gasteiger partial charge on any atom is 0.296 e. The van der Waals surface area contributed by atoms with Crippen molar-refractivity contribution < 1.29 is 18.3 Å². The third-order valence-electron chi connectivity index (χ3n) is 6.02. The third-order valence-corrected chi connectivity index (χ3v) is 6.02. The first-order valence-electron chi connectivity index (χ1n) is 10.8. The molecule has 1 aromatic carbocycles. The van der Waals surface area contributed by atoms with Crippen molar-refractivity contribution in [1.82, 2.24) is 24.5 Å². The van der Waals surface area contributed by atoms with Gasteiger partial charge in [-0.3, -0.25) is 4.57 Å². The van der Waals surface area contributed by atoms with Gasteiger partial charge in [0.25, 0.3) is 6.43 Å². The number of alkyl halides is 2. The second kappa shape index (κ2) is 8.55. The molecule has 4 heterocycles. The van der Waals surface area contributed by atoms with Crippen LogP contribution in [-0.2, 0) is 9.47 Å². The van der Waals surface area contributed by atoms with Gasteiger partial charge < -0.3 is 19.3 Å². The first kappa shape index (κ1) is 21.0. The van der Waals surface area contributed by atoms with Gasteiger partial charge >= 0.3 is 0 Å². The standard InChI is InChI=1S/C21H25F2N7O2/c1-13-14(2)32-12-9-29(13)20-25-19(28-7-10-31-11-8-28)26-21(27-20)30-16-6-4-3-5-15(16)24-18(30)17(22)23/h3-6,13-14,17H,7-12H2,1-2H3/t13-,14-/m1/s1. The average molecular weight is 445 g/mol. The van der Waals surface area contributed by atoms with E-state index in [1.54, 1.807) is 24.3 Å². The van der Waals surface area contributed by atoms with Crippen molar-refractivity contribution in [3.8, 4) is 5.95 Å². The number of ether oxygens (including phenoxy) is 2. The number of morpholine rings is 2. The summed E-state index contributed by atoms with van der Waals surface area (Å²) in [4.78, 5) is 22.2. The lowest BCUT2D eigenvalue weighted by atomic mass is 10.1. The Labute approximate surface area is 184 Å². The van der Waals surface area contributed by atoms with Crippen molar-refractivity contribution in [3.05, 3.63) is 30.1 Å². The summed E-state index contributed by atoms with van der Waals surface area (Å²) in [6.45, 7) is 7.52. The van der Waals surface area contributed by atoms with Crippen LogP contribution in [0.4, 0.5) is 20.7 Å². The van der Waals surface area contributed by atoms with Gasteiger partial charge in [-0.2, -0.15) is 15.0 Å². The lowest BCUT2D eigenvalue weighted by Gasteiger charge is -2.38. The molecule has 0 N–H and O–H groups in total. The topological polar surface area (TPSA) is 81.4 Å². The summed E-state index contributed by atoms with van der Waals surface area (Å²) < 4.78 is 40.5. The number of hydrogen-bond acceptors (Lipinski definition) is 8. The molecule has 0 amide bonds. The fourth-order valence-corrected chi connectivity index (χ4v) is 4.09. The van der Waals surface area contributed by atoms with Crippen LogP contribution in [0.25, 0.3) is 17.0 Å². The van der Waals surface area contributed by atoms with Gasteiger partial charge in [0.05, 0.1) is 43.0 Å². The summed E-state index contributed by atoms with van der Waals surface area (Å²) in [6.07, 6.45) is -2.79. The Morgan fingerprint density at radius 1 is 0.906 bits per heavy atom. The predicted octanol–water partition coefficient (Wildman–Crippen LogP) is 2.60. The second-order valence-electron chi connectivity index (χ2n) is 7.94. The molecule has 170 valence electrons. The van der Waals surface area contributed by atoms with Crippen LogP contribution in [0, 0.1) is 0 Å². The van der Waals surface area contributed by atoms with Crippen LogP contribution in [0.5, 0.6) is 0 Å². The molecule has 0 radical (unpaired) electrons. The molecule has 3 aromatic rings. The molecular formula is C21H25F2N7O2. The Kier molecular flexibility index (Phi) is 5.60. The second-order valence-corrected chi connectivity index (χ2v) is 7.94. The van der Waals surface area contributed by atoms with Crippen LogP contribution in [-0.4, -0.2) is 76.1 Å². The molecule has 2 fully saturated rings. The highest BCUT2D eigenvalue weighted by molar-refractivity contribution is 5.77. The van der Waals surface area contributed by atoms with Crippen molar-refractivity contribution in [2.24, 2.45) is 0 Å². The van der Waals surface area contributed by atoms with Crippen molar-refractivity contribution in [1.29, 1.82) is 0 Å². The van der Waals surface area contributed by atoms with Crippen LogP contribution < -0.4 is 9.80 Å². The Morgan fingerprint density at radius 2 is 1.62 bits per heavy atom. The molecule has 9 nitrogen and oxygen atoms in total. The Balaban J connectivity index is 1.68. The van der Waals surface area contributed by atoms with Crippen molar-refractivity contribution >= 4 is 22.9 Å². The van der Waals surface area contributed by atoms with E-state index in [0.717, 1.165) is 0 Å². The summed E-state index contributed by atoms with van der Waals surface area (Å²) in [5, 5.41) is 0. The highest BCUT2D eigenvalue weighted by Crippen LogP contribution is 2.29. The number of aromatic nitrogens is 5. The van der Waals surface area contributed by atoms with E-state index in [1.165, 1.54) is 4.57 Å². The zero-order chi connectivity index (χ0) is 22.2. The van der Waals surface area contributed by atoms with E-state index in [0.29, 0.717) is 62.4 Å². The van der Waals surface area contributed by atoms with E-state index in [1.807, 2.05) is 23.6 Å². The van der Waals surface area contributed by atoms with E-state index in [4.69, 9.17) is 14.5 Å². The minimum Gasteiger partial charge on any atom is -0.378 e. The van der Waals surface area contributed by atoms with Crippen LogP contribution in [0.2, 0.25) is 0 Å². The van der Waals surface area contributed by atoms with Crippen LogP contribution in [0.15, 0.2) is 24.3 Å². The predicted molar refractivity (Wildman–Crippen MR) is 115 cm³/mol. The first-order chi connectivity index (χ1) is 15.5. The number of rotatable bonds is 4. The number of anilines is 2. The molecule has 0 spiro atoms. The summed E-state index contributed by atoms with van der Waals surface area (Å²) in [7, 11) is 0. The molecule has 2 aromatic heterocycles. The molecule has 2 aliphatic heterocycles. The van der Waals surface area contributed by atoms with Gasteiger partial charge in [-0.25, -0.2) is 13.8 Å². The van der Waals surface area contributed by atoms with Crippen LogP contribution >= 0.6 is 0 Å². The maximum absolute atomic E-state index is 14.0. The summed E-state index contributed by atoms with van der Waals surface area (Å²) in [5.74, 6) is 0.626. The van der Waals surface area contributed by atoms with E-state index < -0.39 is 6.43 Å². The number of halogens is 2. The lowest BCUT2D eigenvalue weighted by Crippen LogP contribution is -2.49. The monoisotopic (exact) mass is 445 g/mol. The van der Waals surface area contributed by atoms with Crippen molar-refractivity contribution in [3.63, 3.8) is 0 Å². The van der Waals surface area contributed by atoms with Gasteiger partial charge in [0.1, 0.15) is 0 Å². The number of para-hydroxylation sites is 2. The molecule has 0 aliphatic carbocycles. The number of hydrogen-bond donors (Lipinski definition) is 0. The molecular weight excluding hydrogens is 420 g/mol. The number of nitrogens with zero attached hydrogens (tertiary/aromatic N) is 7. The van der Waals surface area contributed by atoms with E-state index >= 15 is 0 Å². The minimum atomic E-state index is -2.78. The number of fused-ring (bicyclic) bond motifs is 1. The molecule has 0 saturated carbocycles. The number of benzene rings is 1. The SMILES string of the molecule is C[C@@H]1[C@@H](C)OCCN1c1nc(N2CCOCC2)nc(-n2c(C(F)F)nc3ccccc32)n1. The van der Waals surface area contributed by atoms with Gasteiger partial charge in [-0.05, 0) is 26.0 Å². The normalized spacial score (nSPS) is 22.2. The molecule has 0 unspecified atom stereocenters. The molecule has 2 saturated heterocycles. The summed E-state index contributed by atoms with van der Waals surface area (Å²) in [5.41, 5.74) is 0.988. The molecule has 2 aliphatic rings. The van der Waals surface area contributed by atoms with Crippen molar-refractivity contribution in [2.75, 3.05) is 49.3 Å². The Bertz CT molecular complexity index is 1100. The molecule has 11 heteroatoms. The first-order valence-corrected chi connectivity index (χ1v) is 10.8. The zero-order valence-electron chi connectivity index (χ0n) is 18.0. The quantitative estimate of drug-likeness (QED) is 0.606. The van der Waals surface area contributed by atoms with Gasteiger partial charge in [0, 0.05) is 19.6 Å². The fourth-order valence-electron chi connectivity index (χ4n) is 4.09. The summed E-state index contributed by atoms with van der Waals surface area (Å²) in [6, 6.07) is 7.02. The van der Waals surface area contributed by atoms with E-state index in [-0.39, 0.29) is 23.9 Å². The highest BCUT2D eigenvalue weighted by atomic mass is 19.3. The molecule has 0 bridgehead atoms. The maximum atomic E-state index is 14.0. The largest absolute Gasteiger partial charge is 0.378 e. The minimum absolute atomic E-state index is 0.0125. The van der Waals surface area contributed by atoms with Gasteiger partial charge in [-0.1, -0.05) is 12.1 Å². The molecule has 2 atom stereocenters. The fraction of sp³-hybridized carbons (Fsp3) is 0.524. The smallest absolute Gasteiger partial charge is 0.296 e. The Morgan fingerprint density at radius 3 is 2.41 bits per heavy atom. The van der Waals surface area contributed by atoms with Crippen LogP contribution in [0.1, 0.15) is 26.1 Å². The lowest BCUT2D eigenvalue weighted by molar-refractivity contribution is 0.0277. The van der Waals surface area contributed by atoms with Gasteiger partial charge in [-0.15, -0.1) is 0 Å². The third kappa shape index (κ3) is 3.75. The van der Waals surface area contributed by atoms with Gasteiger partial charge in [0.15, 0.2) is 5.82 Å². The molecule has 32 heavy (non-hydrogen) atoms. The average Bonchev–Trinajstić information content (AvgIpc) is 3.21. The van der Waals surface area contributed by atoms with Gasteiger partial charge in [0.2, 0.25) is 17.8 Å². The Hall–Kier alpha value is -2.92. The van der Waals surface area contributed by atoms with E-state index in [2.05, 4.69) is 15.0 Å². The molecule has 5 rings (SSSR count).